The quantitative estimate of drug-likeness (QED) is 0.471. The summed E-state index contributed by atoms with van der Waals surface area (Å²) in [7, 11) is 4.06. The number of fused-ring (bicyclic) bond motifs is 1. The first-order valence-electron chi connectivity index (χ1n) is 9.41. The second-order valence-corrected chi connectivity index (χ2v) is 10.3. The molecule has 0 saturated carbocycles. The number of anilines is 1. The highest BCUT2D eigenvalue weighted by Gasteiger charge is 2.39. The molecule has 0 saturated heterocycles. The van der Waals surface area contributed by atoms with Crippen molar-refractivity contribution in [2.45, 2.75) is 24.3 Å². The zero-order chi connectivity index (χ0) is 20.8. The van der Waals surface area contributed by atoms with E-state index in [0.717, 1.165) is 57.7 Å². The van der Waals surface area contributed by atoms with Crippen LogP contribution in [0.2, 0.25) is 10.0 Å². The zero-order valence-electron chi connectivity index (χ0n) is 16.6. The zero-order valence-corrected chi connectivity index (χ0v) is 20.1. The molecule has 29 heavy (non-hydrogen) atoms. The number of benzene rings is 2. The van der Waals surface area contributed by atoms with Gasteiger partial charge in [0.25, 0.3) is 0 Å². The van der Waals surface area contributed by atoms with Crippen molar-refractivity contribution in [3.05, 3.63) is 57.2 Å². The van der Waals surface area contributed by atoms with Gasteiger partial charge in [-0.15, -0.1) is 0 Å². The van der Waals surface area contributed by atoms with Crippen molar-refractivity contribution in [2.24, 2.45) is 0 Å². The molecule has 1 heterocycles. The first-order chi connectivity index (χ1) is 13.9. The lowest BCUT2D eigenvalue weighted by atomic mass is 9.80. The van der Waals surface area contributed by atoms with Gasteiger partial charge in [0.05, 0.1) is 30.0 Å². The van der Waals surface area contributed by atoms with Crippen LogP contribution in [-0.2, 0) is 17.9 Å². The molecule has 1 aliphatic carbocycles. The molecule has 0 spiro atoms. The minimum Gasteiger partial charge on any atom is -0.495 e. The number of methoxy groups -OCH3 is 2. The number of nitrogen functional groups attached to an aromatic ring is 1. The molecule has 2 aromatic carbocycles. The van der Waals surface area contributed by atoms with Gasteiger partial charge in [-0.2, -0.15) is 5.10 Å². The highest BCUT2D eigenvalue weighted by atomic mass is 35.5. The van der Waals surface area contributed by atoms with Crippen LogP contribution in [0.3, 0.4) is 0 Å². The second-order valence-electron chi connectivity index (χ2n) is 7.64. The molecule has 152 valence electrons. The molecule has 0 radical (unpaired) electrons. The van der Waals surface area contributed by atoms with Crippen molar-refractivity contribution >= 4 is 39.1 Å². The molecule has 1 aliphatic rings. The Morgan fingerprint density at radius 1 is 1.14 bits per heavy atom. The smallest absolute Gasteiger partial charge is 0.141 e. The van der Waals surface area contributed by atoms with Gasteiger partial charge in [0.2, 0.25) is 0 Å². The average Bonchev–Trinajstić information content (AvgIpc) is 3.11. The Labute approximate surface area is 182 Å². The van der Waals surface area contributed by atoms with Crippen LogP contribution in [0.5, 0.6) is 11.5 Å². The van der Waals surface area contributed by atoms with Gasteiger partial charge in [0.15, 0.2) is 0 Å². The first kappa shape index (κ1) is 20.1. The summed E-state index contributed by atoms with van der Waals surface area (Å²) in [6.07, 6.45) is 2.57. The maximum Gasteiger partial charge on any atom is 0.141 e. The Kier molecular flexibility index (Phi) is 5.27. The Morgan fingerprint density at radius 3 is 2.41 bits per heavy atom. The van der Waals surface area contributed by atoms with Crippen molar-refractivity contribution in [2.75, 3.05) is 20.0 Å². The summed E-state index contributed by atoms with van der Waals surface area (Å²) in [5, 5.41) is 8.80. The van der Waals surface area contributed by atoms with E-state index < -0.39 is 0 Å². The van der Waals surface area contributed by atoms with E-state index in [0.29, 0.717) is 21.5 Å². The van der Waals surface area contributed by atoms with Gasteiger partial charge in [-0.25, -0.2) is 0 Å². The second kappa shape index (κ2) is 7.59. The summed E-state index contributed by atoms with van der Waals surface area (Å²) in [5.41, 5.74) is 12.0. The number of nitrogens with two attached hydrogens (primary N) is 1. The molecule has 1 aromatic heterocycles. The normalized spacial score (nSPS) is 18.5. The lowest BCUT2D eigenvalue weighted by Gasteiger charge is -2.36. The molecule has 3 aromatic rings. The van der Waals surface area contributed by atoms with Gasteiger partial charge < -0.3 is 15.2 Å². The SMILES string of the molecule is COc1cc(OC)c(Cl)c([C@]2([SiH3])CCc3c(-c4ccccc4N)n[nH]c3C2)c1Cl. The van der Waals surface area contributed by atoms with Gasteiger partial charge >= 0.3 is 0 Å². The molecule has 0 unspecified atom stereocenters. The number of halogens is 2. The fourth-order valence-electron chi connectivity index (χ4n) is 4.26. The Balaban J connectivity index is 1.79. The van der Waals surface area contributed by atoms with Crippen LogP contribution in [0.4, 0.5) is 5.69 Å². The largest absolute Gasteiger partial charge is 0.495 e. The third-order valence-electron chi connectivity index (χ3n) is 5.84. The number of rotatable bonds is 4. The molecule has 8 heteroatoms. The van der Waals surface area contributed by atoms with E-state index in [1.807, 2.05) is 24.3 Å². The van der Waals surface area contributed by atoms with Crippen LogP contribution >= 0.6 is 23.2 Å². The van der Waals surface area contributed by atoms with Crippen LogP contribution in [-0.4, -0.2) is 34.7 Å². The Morgan fingerprint density at radius 2 is 1.79 bits per heavy atom. The summed E-state index contributed by atoms with van der Waals surface area (Å²) in [5.74, 6) is 1.15. The van der Waals surface area contributed by atoms with Crippen molar-refractivity contribution < 1.29 is 9.47 Å². The van der Waals surface area contributed by atoms with Crippen molar-refractivity contribution in [3.8, 4) is 22.8 Å². The number of hydrogen-bond acceptors (Lipinski definition) is 4. The number of para-hydroxylation sites is 1. The van der Waals surface area contributed by atoms with Crippen LogP contribution < -0.4 is 15.2 Å². The lowest BCUT2D eigenvalue weighted by Crippen LogP contribution is -2.34. The molecule has 1 atom stereocenters. The number of nitrogens with one attached hydrogen (secondary N) is 1. The predicted molar refractivity (Wildman–Crippen MR) is 122 cm³/mol. The third kappa shape index (κ3) is 3.29. The first-order valence-corrected chi connectivity index (χ1v) is 11.2. The molecular weight excluding hydrogens is 425 g/mol. The molecule has 0 amide bonds. The summed E-state index contributed by atoms with van der Waals surface area (Å²) in [4.78, 5) is 0. The molecule has 0 aliphatic heterocycles. The molecule has 3 N–H and O–H groups in total. The summed E-state index contributed by atoms with van der Waals surface area (Å²) < 4.78 is 10.9. The fourth-order valence-corrected chi connectivity index (χ4v) is 6.64. The minimum absolute atomic E-state index is 0.158. The van der Waals surface area contributed by atoms with Crippen LogP contribution in [0.15, 0.2) is 30.3 Å². The fraction of sp³-hybridized carbons (Fsp3) is 0.286. The number of aromatic amines is 1. The Hall–Kier alpha value is -2.15. The number of hydrogen-bond donors (Lipinski definition) is 2. The van der Waals surface area contributed by atoms with E-state index in [1.54, 1.807) is 20.3 Å². The van der Waals surface area contributed by atoms with Crippen LogP contribution in [0.1, 0.15) is 23.2 Å². The van der Waals surface area contributed by atoms with E-state index in [-0.39, 0.29) is 5.04 Å². The third-order valence-corrected chi connectivity index (χ3v) is 7.94. The molecule has 4 rings (SSSR count). The summed E-state index contributed by atoms with van der Waals surface area (Å²) in [6, 6.07) is 9.56. The number of nitrogens with zero attached hydrogens (tertiary/aromatic N) is 1. The Bertz CT molecular complexity index is 1060. The van der Waals surface area contributed by atoms with Crippen molar-refractivity contribution in [1.29, 1.82) is 0 Å². The van der Waals surface area contributed by atoms with E-state index in [2.05, 4.69) is 10.2 Å². The van der Waals surface area contributed by atoms with Gasteiger partial charge in [-0.05, 0) is 35.9 Å². The van der Waals surface area contributed by atoms with Crippen molar-refractivity contribution in [1.82, 2.24) is 10.2 Å². The molecule has 0 bridgehead atoms. The number of aromatic nitrogens is 2. The molecule has 5 nitrogen and oxygen atoms in total. The maximum absolute atomic E-state index is 6.73. The van der Waals surface area contributed by atoms with E-state index >= 15 is 0 Å². The highest BCUT2D eigenvalue weighted by Crippen LogP contribution is 2.49. The topological polar surface area (TPSA) is 73.2 Å². The summed E-state index contributed by atoms with van der Waals surface area (Å²) >= 11 is 13.5. The summed E-state index contributed by atoms with van der Waals surface area (Å²) in [6.45, 7) is 0. The van der Waals surface area contributed by atoms with E-state index in [1.165, 1.54) is 5.56 Å². The van der Waals surface area contributed by atoms with Crippen LogP contribution in [0.25, 0.3) is 11.3 Å². The standard InChI is InChI=1S/C21H23Cl2N3O2Si/c1-27-15-9-16(28-2)19(23)17(18(15)22)21(29)8-7-12-14(10-21)25-26-20(12)11-5-3-4-6-13(11)24/h3-6,9H,7-8,10,24H2,1-2,29H3,(H,25,26)/t21-/m0/s1. The minimum atomic E-state index is -0.158. The molecule has 0 fully saturated rings. The van der Waals surface area contributed by atoms with E-state index in [4.69, 9.17) is 38.4 Å². The van der Waals surface area contributed by atoms with Gasteiger partial charge in [-0.1, -0.05) is 41.4 Å². The van der Waals surface area contributed by atoms with Gasteiger partial charge in [-0.3, -0.25) is 5.10 Å². The number of H-pyrrole nitrogens is 1. The average molecular weight is 448 g/mol. The lowest BCUT2D eigenvalue weighted by molar-refractivity contribution is 0.390. The van der Waals surface area contributed by atoms with Gasteiger partial charge in [0.1, 0.15) is 11.5 Å². The number of ether oxygens (including phenoxy) is 2. The van der Waals surface area contributed by atoms with E-state index in [9.17, 15) is 0 Å². The van der Waals surface area contributed by atoms with Gasteiger partial charge in [0, 0.05) is 38.8 Å². The monoisotopic (exact) mass is 447 g/mol. The van der Waals surface area contributed by atoms with Crippen LogP contribution in [0, 0.1) is 0 Å². The predicted octanol–water partition coefficient (Wildman–Crippen LogP) is 3.73. The maximum atomic E-state index is 6.73. The highest BCUT2D eigenvalue weighted by molar-refractivity contribution is 6.39. The molecular formula is C21H23Cl2N3O2Si. The van der Waals surface area contributed by atoms with Crippen molar-refractivity contribution in [3.63, 3.8) is 0 Å².